The number of ether oxygens (including phenoxy) is 2. The molecule has 2 N–H and O–H groups in total. The minimum Gasteiger partial charge on any atom is -0.486 e. The van der Waals surface area contributed by atoms with E-state index in [0.717, 1.165) is 0 Å². The standard InChI is InChI=1S/C14H14BrFN2O4/c1-2-21-13(19)9-6-17-14(20)18-11(9)7-22-12-4-3-8(16)5-10(12)15/h3-5H,2,6-7H2,1H3,(H2,17,18,20). The van der Waals surface area contributed by atoms with Crippen molar-refractivity contribution in [3.8, 4) is 5.75 Å². The molecule has 0 spiro atoms. The molecule has 1 aromatic rings. The van der Waals surface area contributed by atoms with E-state index >= 15 is 0 Å². The average molecular weight is 373 g/mol. The van der Waals surface area contributed by atoms with Crippen LogP contribution in [0.3, 0.4) is 0 Å². The van der Waals surface area contributed by atoms with Crippen LogP contribution < -0.4 is 15.4 Å². The van der Waals surface area contributed by atoms with E-state index < -0.39 is 17.8 Å². The number of urea groups is 1. The molecule has 1 heterocycles. The molecule has 1 aliphatic rings. The lowest BCUT2D eigenvalue weighted by Crippen LogP contribution is -2.45. The number of halogens is 2. The van der Waals surface area contributed by atoms with E-state index in [9.17, 15) is 14.0 Å². The third-order valence-corrected chi connectivity index (χ3v) is 3.46. The lowest BCUT2D eigenvalue weighted by atomic mass is 10.1. The van der Waals surface area contributed by atoms with Crippen molar-refractivity contribution >= 4 is 27.9 Å². The zero-order valence-electron chi connectivity index (χ0n) is 11.7. The number of rotatable bonds is 5. The number of hydrogen-bond donors (Lipinski definition) is 2. The summed E-state index contributed by atoms with van der Waals surface area (Å²) in [5.41, 5.74) is 0.609. The SMILES string of the molecule is CCOC(=O)C1=C(COc2ccc(F)cc2Br)NC(=O)NC1. The summed E-state index contributed by atoms with van der Waals surface area (Å²) in [6, 6.07) is 3.54. The first-order chi connectivity index (χ1) is 10.5. The summed E-state index contributed by atoms with van der Waals surface area (Å²) in [5, 5.41) is 5.02. The quantitative estimate of drug-likeness (QED) is 0.776. The molecule has 6 nitrogen and oxygen atoms in total. The largest absolute Gasteiger partial charge is 0.486 e. The molecular weight excluding hydrogens is 359 g/mol. The highest BCUT2D eigenvalue weighted by Crippen LogP contribution is 2.26. The molecule has 0 radical (unpaired) electrons. The Balaban J connectivity index is 2.15. The summed E-state index contributed by atoms with van der Waals surface area (Å²) in [7, 11) is 0. The molecule has 0 atom stereocenters. The van der Waals surface area contributed by atoms with Crippen LogP contribution in [-0.2, 0) is 9.53 Å². The minimum atomic E-state index is -0.522. The first-order valence-corrected chi connectivity index (χ1v) is 7.32. The molecule has 0 bridgehead atoms. The van der Waals surface area contributed by atoms with Gasteiger partial charge in [0.25, 0.3) is 0 Å². The predicted octanol–water partition coefficient (Wildman–Crippen LogP) is 2.10. The summed E-state index contributed by atoms with van der Waals surface area (Å²) < 4.78 is 23.9. The molecule has 0 aliphatic carbocycles. The number of carbonyl (C=O) groups excluding carboxylic acids is 2. The van der Waals surface area contributed by atoms with Gasteiger partial charge in [-0.1, -0.05) is 0 Å². The fraction of sp³-hybridized carbons (Fsp3) is 0.286. The number of nitrogens with one attached hydrogen (secondary N) is 2. The van der Waals surface area contributed by atoms with Crippen LogP contribution in [0.25, 0.3) is 0 Å². The smallest absolute Gasteiger partial charge is 0.337 e. The Morgan fingerprint density at radius 3 is 2.91 bits per heavy atom. The van der Waals surface area contributed by atoms with E-state index in [0.29, 0.717) is 21.5 Å². The van der Waals surface area contributed by atoms with Crippen molar-refractivity contribution < 1.29 is 23.5 Å². The predicted molar refractivity (Wildman–Crippen MR) is 79.8 cm³/mol. The number of benzene rings is 1. The maximum absolute atomic E-state index is 13.0. The minimum absolute atomic E-state index is 0.0498. The third kappa shape index (κ3) is 3.97. The second-order valence-electron chi connectivity index (χ2n) is 4.35. The zero-order chi connectivity index (χ0) is 16.1. The van der Waals surface area contributed by atoms with Crippen molar-refractivity contribution in [2.75, 3.05) is 19.8 Å². The Morgan fingerprint density at radius 1 is 1.45 bits per heavy atom. The van der Waals surface area contributed by atoms with Crippen molar-refractivity contribution in [1.29, 1.82) is 0 Å². The lowest BCUT2D eigenvalue weighted by Gasteiger charge is -2.21. The van der Waals surface area contributed by atoms with Crippen LogP contribution in [0.5, 0.6) is 5.75 Å². The van der Waals surface area contributed by atoms with E-state index in [1.54, 1.807) is 6.92 Å². The van der Waals surface area contributed by atoms with Gasteiger partial charge >= 0.3 is 12.0 Å². The summed E-state index contributed by atoms with van der Waals surface area (Å²) in [6.45, 7) is 1.94. The Kier molecular flexibility index (Phi) is 5.37. The van der Waals surface area contributed by atoms with Crippen LogP contribution >= 0.6 is 15.9 Å². The Bertz CT molecular complexity index is 633. The molecule has 0 aromatic heterocycles. The van der Waals surface area contributed by atoms with E-state index in [2.05, 4.69) is 26.6 Å². The number of hydrogen-bond acceptors (Lipinski definition) is 4. The summed E-state index contributed by atoms with van der Waals surface area (Å²) in [4.78, 5) is 23.3. The van der Waals surface area contributed by atoms with Crippen molar-refractivity contribution in [1.82, 2.24) is 10.6 Å². The molecule has 0 saturated heterocycles. The number of esters is 1. The molecule has 8 heteroatoms. The monoisotopic (exact) mass is 372 g/mol. The van der Waals surface area contributed by atoms with E-state index in [1.807, 2.05) is 0 Å². The molecule has 2 rings (SSSR count). The van der Waals surface area contributed by atoms with Crippen LogP contribution in [-0.4, -0.2) is 31.8 Å². The van der Waals surface area contributed by atoms with Gasteiger partial charge < -0.3 is 20.1 Å². The van der Waals surface area contributed by atoms with Crippen molar-refractivity contribution in [2.24, 2.45) is 0 Å². The van der Waals surface area contributed by atoms with Gasteiger partial charge in [0.15, 0.2) is 0 Å². The highest BCUT2D eigenvalue weighted by atomic mass is 79.9. The molecule has 0 unspecified atom stereocenters. The first kappa shape index (κ1) is 16.3. The van der Waals surface area contributed by atoms with Gasteiger partial charge in [-0.25, -0.2) is 14.0 Å². The summed E-state index contributed by atoms with van der Waals surface area (Å²) in [5.74, 6) is -0.530. The molecule has 22 heavy (non-hydrogen) atoms. The summed E-state index contributed by atoms with van der Waals surface area (Å²) in [6.07, 6.45) is 0. The fourth-order valence-corrected chi connectivity index (χ4v) is 2.28. The van der Waals surface area contributed by atoms with Crippen LogP contribution in [0.1, 0.15) is 6.92 Å². The lowest BCUT2D eigenvalue weighted by molar-refractivity contribution is -0.138. The molecule has 118 valence electrons. The Hall–Kier alpha value is -2.09. The molecular formula is C14H14BrFN2O4. The van der Waals surface area contributed by atoms with Gasteiger partial charge in [0, 0.05) is 0 Å². The first-order valence-electron chi connectivity index (χ1n) is 6.53. The Labute approximate surface area is 134 Å². The third-order valence-electron chi connectivity index (χ3n) is 2.84. The molecule has 2 amide bonds. The van der Waals surface area contributed by atoms with Gasteiger partial charge in [0.1, 0.15) is 18.2 Å². The summed E-state index contributed by atoms with van der Waals surface area (Å²) >= 11 is 3.18. The van der Waals surface area contributed by atoms with Crippen molar-refractivity contribution in [2.45, 2.75) is 6.92 Å². The number of carbonyl (C=O) groups is 2. The van der Waals surface area contributed by atoms with Gasteiger partial charge in [0.05, 0.1) is 28.9 Å². The normalized spacial score (nSPS) is 14.2. The van der Waals surface area contributed by atoms with Crippen molar-refractivity contribution in [3.63, 3.8) is 0 Å². The topological polar surface area (TPSA) is 76.7 Å². The van der Waals surface area contributed by atoms with Gasteiger partial charge in [-0.15, -0.1) is 0 Å². The second-order valence-corrected chi connectivity index (χ2v) is 5.20. The fourth-order valence-electron chi connectivity index (χ4n) is 1.81. The van der Waals surface area contributed by atoms with Crippen LogP contribution in [0.4, 0.5) is 9.18 Å². The molecule has 0 saturated carbocycles. The van der Waals surface area contributed by atoms with E-state index in [1.165, 1.54) is 18.2 Å². The highest BCUT2D eigenvalue weighted by molar-refractivity contribution is 9.10. The molecule has 1 aromatic carbocycles. The van der Waals surface area contributed by atoms with Gasteiger partial charge in [0.2, 0.25) is 0 Å². The molecule has 0 fully saturated rings. The Morgan fingerprint density at radius 2 is 2.23 bits per heavy atom. The molecule has 1 aliphatic heterocycles. The van der Waals surface area contributed by atoms with E-state index in [-0.39, 0.29) is 19.8 Å². The maximum atomic E-state index is 13.0. The van der Waals surface area contributed by atoms with Crippen LogP contribution in [0.2, 0.25) is 0 Å². The van der Waals surface area contributed by atoms with Gasteiger partial charge in [-0.05, 0) is 41.1 Å². The van der Waals surface area contributed by atoms with Crippen LogP contribution in [0.15, 0.2) is 33.9 Å². The second kappa shape index (κ2) is 7.26. The highest BCUT2D eigenvalue weighted by Gasteiger charge is 2.24. The van der Waals surface area contributed by atoms with E-state index in [4.69, 9.17) is 9.47 Å². The number of amides is 2. The van der Waals surface area contributed by atoms with Crippen LogP contribution in [0, 0.1) is 5.82 Å². The van der Waals surface area contributed by atoms with Gasteiger partial charge in [-0.3, -0.25) is 0 Å². The van der Waals surface area contributed by atoms with Crippen molar-refractivity contribution in [3.05, 3.63) is 39.8 Å². The maximum Gasteiger partial charge on any atom is 0.337 e. The zero-order valence-corrected chi connectivity index (χ0v) is 13.3. The average Bonchev–Trinajstić information content (AvgIpc) is 2.46. The van der Waals surface area contributed by atoms with Gasteiger partial charge in [-0.2, -0.15) is 0 Å².